The van der Waals surface area contributed by atoms with E-state index >= 15 is 0 Å². The second-order valence-corrected chi connectivity index (χ2v) is 12.2. The van der Waals surface area contributed by atoms with Crippen LogP contribution in [-0.2, 0) is 30.2 Å². The Morgan fingerprint density at radius 3 is 1.95 bits per heavy atom. The zero-order valence-corrected chi connectivity index (χ0v) is 25.4. The predicted octanol–water partition coefficient (Wildman–Crippen LogP) is 6.95. The number of aryl methyl sites for hydroxylation is 1. The number of carbonyl (C=O) groups is 2. The highest BCUT2D eigenvalue weighted by molar-refractivity contribution is 5.88. The van der Waals surface area contributed by atoms with Crippen LogP contribution in [0.3, 0.4) is 0 Å². The molecule has 0 aliphatic heterocycles. The van der Waals surface area contributed by atoms with E-state index in [4.69, 9.17) is 14.2 Å². The Hall–Kier alpha value is -2.44. The number of aliphatic hydroxyl groups excluding tert-OH is 1. The molecule has 3 rings (SSSR count). The number of ether oxygens (including phenoxy) is 3. The van der Waals surface area contributed by atoms with Crippen LogP contribution in [0.1, 0.15) is 94.6 Å². The van der Waals surface area contributed by atoms with Gasteiger partial charge in [0.2, 0.25) is 0 Å². The van der Waals surface area contributed by atoms with E-state index in [-0.39, 0.29) is 36.9 Å². The van der Waals surface area contributed by atoms with Crippen molar-refractivity contribution in [3.05, 3.63) is 59.7 Å². The van der Waals surface area contributed by atoms with Crippen molar-refractivity contribution in [2.24, 2.45) is 23.7 Å². The number of rotatable bonds is 16. The van der Waals surface area contributed by atoms with E-state index in [1.54, 1.807) is 0 Å². The molecule has 1 unspecified atom stereocenters. The molecule has 2 aliphatic rings. The Bertz CT molecular complexity index is 967. The van der Waals surface area contributed by atoms with Gasteiger partial charge in [-0.3, -0.25) is 0 Å². The fraction of sp³-hybridized carbons (Fsp3) is 0.657. The highest BCUT2D eigenvalue weighted by atomic mass is 16.5. The smallest absolute Gasteiger partial charge is 0.335 e. The fourth-order valence-electron chi connectivity index (χ4n) is 6.73. The van der Waals surface area contributed by atoms with Crippen molar-refractivity contribution in [1.82, 2.24) is 0 Å². The summed E-state index contributed by atoms with van der Waals surface area (Å²) in [5.74, 6) is 1.30. The van der Waals surface area contributed by atoms with Gasteiger partial charge in [-0.25, -0.2) is 9.59 Å². The zero-order valence-electron chi connectivity index (χ0n) is 25.4. The standard InChI is InChI=1S/C35H52O6/c1-5-6-7-8-27-9-11-28(12-10-27)29-13-15-30(16-14-29)31-17-19-32(20-18-31)33(23-40-34(37)25(2)21-36)24-41-35(38)26(3)22-39-4/h9-12,29-33,36H,2-3,5-8,13-24H2,1,4H3. The first-order valence-electron chi connectivity index (χ1n) is 15.7. The van der Waals surface area contributed by atoms with Crippen LogP contribution >= 0.6 is 0 Å². The Morgan fingerprint density at radius 2 is 1.41 bits per heavy atom. The Labute approximate surface area is 247 Å². The third kappa shape index (κ3) is 10.4. The Balaban J connectivity index is 1.48. The number of hydrogen-bond donors (Lipinski definition) is 1. The van der Waals surface area contributed by atoms with E-state index in [1.165, 1.54) is 69.6 Å². The molecule has 41 heavy (non-hydrogen) atoms. The van der Waals surface area contributed by atoms with Crippen molar-refractivity contribution in [2.75, 3.05) is 33.5 Å². The molecule has 1 N–H and O–H groups in total. The molecule has 2 fully saturated rings. The second-order valence-electron chi connectivity index (χ2n) is 12.2. The molecular weight excluding hydrogens is 516 g/mol. The zero-order chi connectivity index (χ0) is 29.6. The van der Waals surface area contributed by atoms with Crippen molar-refractivity contribution in [2.45, 2.75) is 89.9 Å². The highest BCUT2D eigenvalue weighted by Crippen LogP contribution is 2.45. The molecule has 0 spiro atoms. The molecule has 1 aromatic carbocycles. The quantitative estimate of drug-likeness (QED) is 0.132. The number of aliphatic hydroxyl groups is 1. The lowest BCUT2D eigenvalue weighted by Crippen LogP contribution is -2.33. The van der Waals surface area contributed by atoms with Crippen LogP contribution in [0.15, 0.2) is 48.6 Å². The van der Waals surface area contributed by atoms with E-state index in [2.05, 4.69) is 44.3 Å². The summed E-state index contributed by atoms with van der Waals surface area (Å²) in [6, 6.07) is 9.43. The molecule has 0 saturated heterocycles. The number of unbranched alkanes of at least 4 members (excludes halogenated alkanes) is 2. The molecule has 0 radical (unpaired) electrons. The number of benzene rings is 1. The van der Waals surface area contributed by atoms with Crippen LogP contribution in [0.5, 0.6) is 0 Å². The lowest BCUT2D eigenvalue weighted by atomic mass is 9.67. The van der Waals surface area contributed by atoms with Gasteiger partial charge in [0, 0.05) is 13.0 Å². The molecule has 6 nitrogen and oxygen atoms in total. The molecular formula is C35H52O6. The van der Waals surface area contributed by atoms with E-state index in [0.29, 0.717) is 11.8 Å². The second kappa shape index (κ2) is 17.5. The van der Waals surface area contributed by atoms with Gasteiger partial charge in [-0.1, -0.05) is 57.2 Å². The number of carbonyl (C=O) groups excluding carboxylic acids is 2. The normalized spacial score (nSPS) is 23.4. The average Bonchev–Trinajstić information content (AvgIpc) is 3.01. The molecule has 228 valence electrons. The van der Waals surface area contributed by atoms with Crippen LogP contribution in [0.2, 0.25) is 0 Å². The Morgan fingerprint density at radius 1 is 0.854 bits per heavy atom. The third-order valence-electron chi connectivity index (χ3n) is 9.39. The number of methoxy groups -OCH3 is 1. The average molecular weight is 569 g/mol. The van der Waals surface area contributed by atoms with Gasteiger partial charge >= 0.3 is 11.9 Å². The summed E-state index contributed by atoms with van der Waals surface area (Å²) < 4.78 is 16.0. The van der Waals surface area contributed by atoms with E-state index in [0.717, 1.165) is 37.5 Å². The van der Waals surface area contributed by atoms with Crippen molar-refractivity contribution in [3.63, 3.8) is 0 Å². The van der Waals surface area contributed by atoms with Gasteiger partial charge in [-0.2, -0.15) is 0 Å². The van der Waals surface area contributed by atoms with Crippen LogP contribution < -0.4 is 0 Å². The monoisotopic (exact) mass is 568 g/mol. The minimum Gasteiger partial charge on any atom is -0.462 e. The largest absolute Gasteiger partial charge is 0.462 e. The van der Waals surface area contributed by atoms with Gasteiger partial charge in [0.25, 0.3) is 0 Å². The summed E-state index contributed by atoms with van der Waals surface area (Å²) in [4.78, 5) is 24.4. The van der Waals surface area contributed by atoms with Gasteiger partial charge in [0.05, 0.1) is 37.6 Å². The third-order valence-corrected chi connectivity index (χ3v) is 9.39. The molecule has 2 aliphatic carbocycles. The van der Waals surface area contributed by atoms with Crippen molar-refractivity contribution in [3.8, 4) is 0 Å². The Kier molecular flexibility index (Phi) is 14.1. The van der Waals surface area contributed by atoms with Crippen LogP contribution in [0.25, 0.3) is 0 Å². The lowest BCUT2D eigenvalue weighted by molar-refractivity contribution is -0.146. The van der Waals surface area contributed by atoms with Crippen molar-refractivity contribution < 1.29 is 28.9 Å². The first-order chi connectivity index (χ1) is 19.9. The minimum atomic E-state index is -0.607. The SMILES string of the molecule is C=C(CO)C(=O)OCC(COC(=O)C(=C)COC)C1CCC(C2CCC(c3ccc(CCCCC)cc3)CC2)CC1. The topological polar surface area (TPSA) is 82.1 Å². The first-order valence-corrected chi connectivity index (χ1v) is 15.7. The maximum Gasteiger partial charge on any atom is 0.335 e. The van der Waals surface area contributed by atoms with Gasteiger partial charge in [0.15, 0.2) is 0 Å². The summed E-state index contributed by atoms with van der Waals surface area (Å²) in [6.07, 6.45) is 14.6. The fourth-order valence-corrected chi connectivity index (χ4v) is 6.73. The van der Waals surface area contributed by atoms with E-state index in [9.17, 15) is 14.7 Å². The summed E-state index contributed by atoms with van der Waals surface area (Å²) in [5.41, 5.74) is 3.26. The van der Waals surface area contributed by atoms with Gasteiger partial charge in [0.1, 0.15) is 0 Å². The number of hydrogen-bond acceptors (Lipinski definition) is 6. The summed E-state index contributed by atoms with van der Waals surface area (Å²) in [5, 5.41) is 9.20. The highest BCUT2D eigenvalue weighted by Gasteiger charge is 2.34. The number of esters is 2. The lowest BCUT2D eigenvalue weighted by Gasteiger charge is -2.39. The van der Waals surface area contributed by atoms with Gasteiger partial charge in [-0.05, 0) is 99.0 Å². The maximum atomic E-state index is 12.3. The molecule has 0 aromatic heterocycles. The van der Waals surface area contributed by atoms with Crippen LogP contribution in [0, 0.1) is 23.7 Å². The molecule has 1 atom stereocenters. The van der Waals surface area contributed by atoms with E-state index in [1.807, 2.05) is 0 Å². The molecule has 0 heterocycles. The first kappa shape index (κ1) is 33.1. The van der Waals surface area contributed by atoms with Gasteiger partial charge in [-0.15, -0.1) is 0 Å². The molecule has 6 heteroatoms. The molecule has 1 aromatic rings. The minimum absolute atomic E-state index is 0.0245. The summed E-state index contributed by atoms with van der Waals surface area (Å²) in [6.45, 7) is 9.51. The molecule has 0 amide bonds. The van der Waals surface area contributed by atoms with Crippen LogP contribution in [-0.4, -0.2) is 50.6 Å². The maximum absolute atomic E-state index is 12.3. The van der Waals surface area contributed by atoms with Crippen molar-refractivity contribution in [1.29, 1.82) is 0 Å². The summed E-state index contributed by atoms with van der Waals surface area (Å²) >= 11 is 0. The van der Waals surface area contributed by atoms with Crippen LogP contribution in [0.4, 0.5) is 0 Å². The van der Waals surface area contributed by atoms with E-state index < -0.39 is 18.5 Å². The van der Waals surface area contributed by atoms with Crippen molar-refractivity contribution >= 4 is 11.9 Å². The van der Waals surface area contributed by atoms with Gasteiger partial charge < -0.3 is 19.3 Å². The molecule has 2 saturated carbocycles. The molecule has 0 bridgehead atoms. The predicted molar refractivity (Wildman–Crippen MR) is 162 cm³/mol. The summed E-state index contributed by atoms with van der Waals surface area (Å²) in [7, 11) is 1.51.